The van der Waals surface area contributed by atoms with Crippen LogP contribution in [0.4, 0.5) is 0 Å². The van der Waals surface area contributed by atoms with Crippen molar-refractivity contribution in [2.24, 2.45) is 0 Å². The van der Waals surface area contributed by atoms with Gasteiger partial charge in [0.1, 0.15) is 0 Å². The Bertz CT molecular complexity index is 325. The van der Waals surface area contributed by atoms with E-state index in [1.165, 1.54) is 0 Å². The van der Waals surface area contributed by atoms with Gasteiger partial charge in [0, 0.05) is 0 Å². The number of allylic oxidation sites excluding steroid dienone is 2. The van der Waals surface area contributed by atoms with Crippen LogP contribution in [0.1, 0.15) is 25.7 Å². The fraction of sp³-hybridized carbons (Fsp3) is 0.625. The van der Waals surface area contributed by atoms with Gasteiger partial charge in [-0.3, -0.25) is 0 Å². The molecule has 1 aliphatic rings. The van der Waals surface area contributed by atoms with Gasteiger partial charge in [0.15, 0.2) is 11.1 Å². The van der Waals surface area contributed by atoms with Gasteiger partial charge in [-0.15, -0.1) is 0 Å². The first-order valence-corrected chi connectivity index (χ1v) is 6.80. The molecule has 0 aromatic rings. The summed E-state index contributed by atoms with van der Waals surface area (Å²) in [6, 6.07) is 1.92. The minimum atomic E-state index is -2.10. The molecule has 0 bridgehead atoms. The third kappa shape index (κ3) is 2.66. The van der Waals surface area contributed by atoms with Crippen molar-refractivity contribution in [3.63, 3.8) is 0 Å². The van der Waals surface area contributed by atoms with Crippen molar-refractivity contribution < 1.29 is 8.76 Å². The molecule has 0 spiro atoms. The molecule has 0 heterocycles. The van der Waals surface area contributed by atoms with E-state index in [4.69, 9.17) is 9.81 Å². The number of nitriles is 1. The highest BCUT2D eigenvalue weighted by Gasteiger charge is 2.35. The largest absolute Gasteiger partial charge is 0.302 e. The maximum Gasteiger partial charge on any atom is 0.201 e. The second kappa shape index (κ2) is 4.88. The molecule has 0 radical (unpaired) electrons. The minimum Gasteiger partial charge on any atom is -0.302 e. The summed E-state index contributed by atoms with van der Waals surface area (Å²) >= 11 is 4.11. The highest BCUT2D eigenvalue weighted by molar-refractivity contribution is 9.25. The molecule has 14 heavy (non-hydrogen) atoms. The molecule has 0 aliphatic heterocycles. The van der Waals surface area contributed by atoms with Crippen molar-refractivity contribution in [3.05, 3.63) is 10.5 Å². The van der Waals surface area contributed by atoms with Gasteiger partial charge in [-0.2, -0.15) is 5.26 Å². The van der Waals surface area contributed by atoms with Gasteiger partial charge in [0.05, 0.1) is 11.0 Å². The number of hydrogen-bond donors (Lipinski definition) is 1. The predicted molar refractivity (Wildman–Crippen MR) is 62.5 cm³/mol. The Hall–Kier alpha value is 0.300. The number of hydrogen-bond acceptors (Lipinski definition) is 2. The van der Waals surface area contributed by atoms with E-state index in [0.29, 0.717) is 0 Å². The fourth-order valence-electron chi connectivity index (χ4n) is 1.53. The Labute approximate surface area is 102 Å². The molecular weight excluding hydrogens is 334 g/mol. The Morgan fingerprint density at radius 1 is 1.50 bits per heavy atom. The van der Waals surface area contributed by atoms with Crippen molar-refractivity contribution >= 4 is 42.9 Å². The van der Waals surface area contributed by atoms with Crippen LogP contribution in [-0.2, 0) is 11.1 Å². The summed E-state index contributed by atoms with van der Waals surface area (Å²) in [6.45, 7) is 0. The van der Waals surface area contributed by atoms with E-state index in [2.05, 4.69) is 31.9 Å². The molecule has 3 nitrogen and oxygen atoms in total. The molecular formula is C8H9Br2NO2S. The Kier molecular flexibility index (Phi) is 4.31. The van der Waals surface area contributed by atoms with Crippen molar-refractivity contribution in [3.8, 4) is 6.07 Å². The van der Waals surface area contributed by atoms with Crippen LogP contribution in [0, 0.1) is 11.3 Å². The molecule has 0 aromatic carbocycles. The van der Waals surface area contributed by atoms with Crippen molar-refractivity contribution in [1.29, 1.82) is 5.26 Å². The van der Waals surface area contributed by atoms with Crippen LogP contribution in [0.25, 0.3) is 0 Å². The van der Waals surface area contributed by atoms with Crippen LogP contribution in [0.3, 0.4) is 0 Å². The molecule has 0 saturated heterocycles. The Morgan fingerprint density at radius 3 is 2.36 bits per heavy atom. The van der Waals surface area contributed by atoms with E-state index in [1.807, 2.05) is 6.07 Å². The van der Waals surface area contributed by atoms with E-state index in [0.717, 1.165) is 31.3 Å². The van der Waals surface area contributed by atoms with Gasteiger partial charge in [0.2, 0.25) is 3.23 Å². The average Bonchev–Trinajstić information content (AvgIpc) is 2.56. The zero-order chi connectivity index (χ0) is 10.8. The zero-order valence-corrected chi connectivity index (χ0v) is 11.3. The quantitative estimate of drug-likeness (QED) is 0.619. The lowest BCUT2D eigenvalue weighted by atomic mass is 10.2. The van der Waals surface area contributed by atoms with Gasteiger partial charge >= 0.3 is 0 Å². The maximum absolute atomic E-state index is 11.1. The summed E-state index contributed by atoms with van der Waals surface area (Å²) in [5.74, 6) is 0. The van der Waals surface area contributed by atoms with Gasteiger partial charge < -0.3 is 4.55 Å². The van der Waals surface area contributed by atoms with E-state index in [-0.39, 0.29) is 4.91 Å². The van der Waals surface area contributed by atoms with Crippen LogP contribution < -0.4 is 0 Å². The summed E-state index contributed by atoms with van der Waals surface area (Å²) in [5.41, 5.74) is 0.918. The monoisotopic (exact) mass is 341 g/mol. The molecule has 6 heteroatoms. The fourth-order valence-corrected chi connectivity index (χ4v) is 3.64. The van der Waals surface area contributed by atoms with Crippen LogP contribution in [0.2, 0.25) is 0 Å². The number of alkyl halides is 2. The molecule has 0 aromatic heterocycles. The molecule has 1 rings (SSSR count). The second-order valence-electron chi connectivity index (χ2n) is 3.08. The molecule has 1 N–H and O–H groups in total. The summed E-state index contributed by atoms with van der Waals surface area (Å²) in [6.07, 6.45) is 3.67. The van der Waals surface area contributed by atoms with Crippen molar-refractivity contribution in [1.82, 2.24) is 0 Å². The molecule has 1 atom stereocenters. The van der Waals surface area contributed by atoms with Crippen molar-refractivity contribution in [2.45, 2.75) is 28.9 Å². The lowest BCUT2D eigenvalue weighted by Gasteiger charge is -2.15. The number of nitrogens with zero attached hydrogens (tertiary/aromatic N) is 1. The first-order chi connectivity index (χ1) is 6.49. The maximum atomic E-state index is 11.1. The molecule has 1 saturated carbocycles. The number of halogens is 2. The van der Waals surface area contributed by atoms with Crippen LogP contribution in [0.15, 0.2) is 10.5 Å². The van der Waals surface area contributed by atoms with E-state index in [9.17, 15) is 4.21 Å². The topological polar surface area (TPSA) is 61.1 Å². The molecule has 0 amide bonds. The van der Waals surface area contributed by atoms with Gasteiger partial charge in [-0.05, 0) is 57.5 Å². The molecule has 1 unspecified atom stereocenters. The predicted octanol–water partition coefficient (Wildman–Crippen LogP) is 3.05. The van der Waals surface area contributed by atoms with E-state index < -0.39 is 14.3 Å². The smallest absolute Gasteiger partial charge is 0.201 e. The Morgan fingerprint density at radius 2 is 2.00 bits per heavy atom. The summed E-state index contributed by atoms with van der Waals surface area (Å²) < 4.78 is 19.1. The summed E-state index contributed by atoms with van der Waals surface area (Å²) in [4.78, 5) is 0.262. The number of rotatable bonds is 2. The first kappa shape index (κ1) is 12.4. The average molecular weight is 343 g/mol. The molecule has 78 valence electrons. The summed E-state index contributed by atoms with van der Waals surface area (Å²) in [7, 11) is 0. The molecule has 1 aliphatic carbocycles. The van der Waals surface area contributed by atoms with Crippen LogP contribution in [0.5, 0.6) is 0 Å². The van der Waals surface area contributed by atoms with E-state index >= 15 is 0 Å². The third-order valence-corrected chi connectivity index (χ3v) is 4.75. The third-order valence-electron chi connectivity index (χ3n) is 2.13. The Balaban J connectivity index is 3.14. The SMILES string of the molecule is N#CC(Br)(Br)C(=C1CCCC1)S(=O)O. The first-order valence-electron chi connectivity index (χ1n) is 4.11. The summed E-state index contributed by atoms with van der Waals surface area (Å²) in [5, 5.41) is 8.85. The van der Waals surface area contributed by atoms with Crippen LogP contribution >= 0.6 is 31.9 Å². The molecule has 1 fully saturated rings. The van der Waals surface area contributed by atoms with Gasteiger partial charge in [-0.1, -0.05) is 5.57 Å². The van der Waals surface area contributed by atoms with E-state index in [1.54, 1.807) is 0 Å². The van der Waals surface area contributed by atoms with Crippen LogP contribution in [-0.4, -0.2) is 12.0 Å². The zero-order valence-electron chi connectivity index (χ0n) is 7.30. The van der Waals surface area contributed by atoms with Gasteiger partial charge in [0.25, 0.3) is 0 Å². The lowest BCUT2D eigenvalue weighted by molar-refractivity contribution is 0.569. The second-order valence-corrected chi connectivity index (χ2v) is 7.42. The van der Waals surface area contributed by atoms with Crippen molar-refractivity contribution in [2.75, 3.05) is 0 Å². The highest BCUT2D eigenvalue weighted by Crippen LogP contribution is 2.41. The normalized spacial score (nSPS) is 19.1. The lowest BCUT2D eigenvalue weighted by Crippen LogP contribution is -2.17. The minimum absolute atomic E-state index is 0.262. The van der Waals surface area contributed by atoms with Gasteiger partial charge in [-0.25, -0.2) is 4.21 Å². The standard InChI is InChI=1S/C8H9Br2NO2S/c9-8(10,5-11)7(14(12)13)6-3-1-2-4-6/h1-4H2,(H,12,13). The highest BCUT2D eigenvalue weighted by atomic mass is 79.9.